The van der Waals surface area contributed by atoms with Crippen LogP contribution in [0.4, 0.5) is 19.0 Å². The first-order chi connectivity index (χ1) is 17.3. The van der Waals surface area contributed by atoms with Gasteiger partial charge in [-0.15, -0.1) is 0 Å². The number of amides is 1. The standard InChI is InChI=1S/C24H32F3N5O4/c1-34-18-13-35-6-3-17(18)29-14-8-19-23(10-14,4-7-36-19)22(33)32-12-15-9-16(32)11-31(15)20-2-5-28-21(30-20)24(25,26)27/h2,5,14-19,29H,3-4,6-13H2,1H3/t14-,15+,16-,17+,18-,19-,23-/m1/s1. The van der Waals surface area contributed by atoms with Gasteiger partial charge in [-0.1, -0.05) is 0 Å². The van der Waals surface area contributed by atoms with E-state index in [-0.39, 0.29) is 48.1 Å². The third-order valence-electron chi connectivity index (χ3n) is 8.77. The minimum absolute atomic E-state index is 0.00767. The van der Waals surface area contributed by atoms with E-state index in [2.05, 4.69) is 15.3 Å². The number of piperazine rings is 1. The fraction of sp³-hybridized carbons (Fsp3) is 0.792. The van der Waals surface area contributed by atoms with Crippen LogP contribution in [0.3, 0.4) is 0 Å². The Balaban J connectivity index is 1.13. The summed E-state index contributed by atoms with van der Waals surface area (Å²) < 4.78 is 56.5. The minimum Gasteiger partial charge on any atom is -0.379 e. The molecule has 1 aromatic rings. The van der Waals surface area contributed by atoms with Gasteiger partial charge in [-0.2, -0.15) is 13.2 Å². The molecular weight excluding hydrogens is 479 g/mol. The zero-order chi connectivity index (χ0) is 25.1. The fourth-order valence-corrected chi connectivity index (χ4v) is 7.04. The van der Waals surface area contributed by atoms with Crippen LogP contribution < -0.4 is 10.2 Å². The van der Waals surface area contributed by atoms with E-state index in [9.17, 15) is 18.0 Å². The maximum Gasteiger partial charge on any atom is 0.451 e. The molecule has 198 valence electrons. The number of nitrogens with one attached hydrogen (secondary N) is 1. The monoisotopic (exact) mass is 511 g/mol. The van der Waals surface area contributed by atoms with Crippen molar-refractivity contribution < 1.29 is 32.2 Å². The summed E-state index contributed by atoms with van der Waals surface area (Å²) in [5.74, 6) is -0.730. The van der Waals surface area contributed by atoms with Gasteiger partial charge < -0.3 is 29.3 Å². The second-order valence-electron chi connectivity index (χ2n) is 10.7. The van der Waals surface area contributed by atoms with Crippen molar-refractivity contribution in [3.05, 3.63) is 18.1 Å². The summed E-state index contributed by atoms with van der Waals surface area (Å²) in [5.41, 5.74) is -0.543. The van der Waals surface area contributed by atoms with E-state index in [1.54, 1.807) is 7.11 Å². The van der Waals surface area contributed by atoms with Crippen molar-refractivity contribution in [3.63, 3.8) is 0 Å². The largest absolute Gasteiger partial charge is 0.451 e. The molecule has 4 aliphatic heterocycles. The van der Waals surface area contributed by atoms with Gasteiger partial charge >= 0.3 is 6.18 Å². The number of hydrogen-bond acceptors (Lipinski definition) is 8. The Kier molecular flexibility index (Phi) is 6.13. The van der Waals surface area contributed by atoms with Crippen LogP contribution in [0.5, 0.6) is 0 Å². The van der Waals surface area contributed by atoms with Crippen LogP contribution in [-0.2, 0) is 25.2 Å². The molecule has 0 radical (unpaired) electrons. The Morgan fingerprint density at radius 3 is 2.86 bits per heavy atom. The molecule has 1 N–H and O–H groups in total. The second-order valence-corrected chi connectivity index (χ2v) is 10.7. The van der Waals surface area contributed by atoms with Crippen molar-refractivity contribution in [2.75, 3.05) is 44.9 Å². The highest BCUT2D eigenvalue weighted by atomic mass is 19.4. The molecule has 5 aliphatic rings. The third kappa shape index (κ3) is 4.06. The summed E-state index contributed by atoms with van der Waals surface area (Å²) in [6.45, 7) is 2.81. The van der Waals surface area contributed by atoms with Gasteiger partial charge in [-0.05, 0) is 38.2 Å². The highest BCUT2D eigenvalue weighted by Gasteiger charge is 2.60. The van der Waals surface area contributed by atoms with E-state index in [0.717, 1.165) is 31.9 Å². The number of carbonyl (C=O) groups excluding carboxylic acids is 1. The van der Waals surface area contributed by atoms with Crippen molar-refractivity contribution in [3.8, 4) is 0 Å². The Morgan fingerprint density at radius 2 is 2.11 bits per heavy atom. The van der Waals surface area contributed by atoms with Gasteiger partial charge in [0.15, 0.2) is 0 Å². The number of likely N-dealkylation sites (tertiary alicyclic amines) is 1. The molecule has 1 aromatic heterocycles. The lowest BCUT2D eigenvalue weighted by atomic mass is 9.80. The number of hydrogen-bond donors (Lipinski definition) is 1. The van der Waals surface area contributed by atoms with Gasteiger partial charge in [0.25, 0.3) is 0 Å². The molecule has 36 heavy (non-hydrogen) atoms. The lowest BCUT2D eigenvalue weighted by Crippen LogP contribution is -2.55. The number of fused-ring (bicyclic) bond motifs is 3. The molecule has 4 saturated heterocycles. The molecule has 5 heterocycles. The first kappa shape index (κ1) is 24.3. The summed E-state index contributed by atoms with van der Waals surface area (Å²) in [4.78, 5) is 25.0. The van der Waals surface area contributed by atoms with Crippen LogP contribution in [0.15, 0.2) is 12.3 Å². The molecule has 6 rings (SSSR count). The Morgan fingerprint density at radius 1 is 1.25 bits per heavy atom. The predicted octanol–water partition coefficient (Wildman–Crippen LogP) is 1.62. The summed E-state index contributed by atoms with van der Waals surface area (Å²) in [6, 6.07) is 1.77. The van der Waals surface area contributed by atoms with Gasteiger partial charge in [0.1, 0.15) is 5.82 Å². The van der Waals surface area contributed by atoms with Gasteiger partial charge in [0, 0.05) is 51.7 Å². The average Bonchev–Trinajstić information content (AvgIpc) is 3.63. The van der Waals surface area contributed by atoms with Gasteiger partial charge in [0.2, 0.25) is 11.7 Å². The highest BCUT2D eigenvalue weighted by Crippen LogP contribution is 2.50. The van der Waals surface area contributed by atoms with E-state index >= 15 is 0 Å². The van der Waals surface area contributed by atoms with Crippen molar-refractivity contribution in [1.29, 1.82) is 0 Å². The lowest BCUT2D eigenvalue weighted by Gasteiger charge is -2.39. The van der Waals surface area contributed by atoms with Gasteiger partial charge in [-0.25, -0.2) is 9.97 Å². The molecule has 0 unspecified atom stereocenters. The van der Waals surface area contributed by atoms with E-state index < -0.39 is 17.4 Å². The highest BCUT2D eigenvalue weighted by molar-refractivity contribution is 5.85. The first-order valence-corrected chi connectivity index (χ1v) is 12.7. The number of halogens is 3. The summed E-state index contributed by atoms with van der Waals surface area (Å²) in [7, 11) is 1.70. The van der Waals surface area contributed by atoms with Crippen molar-refractivity contribution in [1.82, 2.24) is 20.2 Å². The molecule has 0 spiro atoms. The SMILES string of the molecule is CO[C@@H]1COCC[C@@H]1N[C@@H]1C[C@H]2OCC[C@@]2(C(=O)N2C[C@@H]3C[C@@H]2CN3c2ccnc(C(F)(F)F)n2)C1. The van der Waals surface area contributed by atoms with Crippen LogP contribution >= 0.6 is 0 Å². The number of ether oxygens (including phenoxy) is 3. The third-order valence-corrected chi connectivity index (χ3v) is 8.77. The molecular formula is C24H32F3N5O4. The lowest BCUT2D eigenvalue weighted by molar-refractivity contribution is -0.145. The first-order valence-electron chi connectivity index (χ1n) is 12.7. The molecule has 5 fully saturated rings. The average molecular weight is 512 g/mol. The molecule has 7 atom stereocenters. The fourth-order valence-electron chi connectivity index (χ4n) is 7.04. The van der Waals surface area contributed by atoms with Crippen LogP contribution in [0, 0.1) is 5.41 Å². The molecule has 2 bridgehead atoms. The number of aromatic nitrogens is 2. The number of carbonyl (C=O) groups is 1. The smallest absolute Gasteiger partial charge is 0.379 e. The van der Waals surface area contributed by atoms with Crippen molar-refractivity contribution in [2.24, 2.45) is 5.41 Å². The second kappa shape index (κ2) is 9.07. The van der Waals surface area contributed by atoms with E-state index in [1.807, 2.05) is 9.80 Å². The molecule has 1 aliphatic carbocycles. The zero-order valence-electron chi connectivity index (χ0n) is 20.2. The molecule has 12 heteroatoms. The van der Waals surface area contributed by atoms with Crippen LogP contribution in [0.1, 0.15) is 37.9 Å². The van der Waals surface area contributed by atoms with Gasteiger partial charge in [-0.3, -0.25) is 4.79 Å². The predicted molar refractivity (Wildman–Crippen MR) is 121 cm³/mol. The maximum absolute atomic E-state index is 14.0. The summed E-state index contributed by atoms with van der Waals surface area (Å²) in [5, 5.41) is 3.73. The number of nitrogens with zero attached hydrogens (tertiary/aromatic N) is 4. The molecule has 1 saturated carbocycles. The number of alkyl halides is 3. The molecule has 0 aromatic carbocycles. The van der Waals surface area contributed by atoms with Crippen LogP contribution in [0.2, 0.25) is 0 Å². The number of rotatable bonds is 5. The van der Waals surface area contributed by atoms with Crippen LogP contribution in [0.25, 0.3) is 0 Å². The van der Waals surface area contributed by atoms with Crippen molar-refractivity contribution >= 4 is 11.7 Å². The minimum atomic E-state index is -4.59. The number of anilines is 1. The normalized spacial score (nSPS) is 38.1. The van der Waals surface area contributed by atoms with E-state index in [4.69, 9.17) is 14.2 Å². The van der Waals surface area contributed by atoms with E-state index in [1.165, 1.54) is 6.07 Å². The number of methoxy groups -OCH3 is 1. The summed E-state index contributed by atoms with van der Waals surface area (Å²) >= 11 is 0. The van der Waals surface area contributed by atoms with E-state index in [0.29, 0.717) is 39.3 Å². The Bertz CT molecular complexity index is 999. The Hall–Kier alpha value is -2.02. The van der Waals surface area contributed by atoms with Gasteiger partial charge in [0.05, 0.1) is 36.3 Å². The quantitative estimate of drug-likeness (QED) is 0.638. The molecule has 9 nitrogen and oxygen atoms in total. The molecule has 1 amide bonds. The topological polar surface area (TPSA) is 89.0 Å². The van der Waals surface area contributed by atoms with Crippen LogP contribution in [-0.4, -0.2) is 97.2 Å². The Labute approximate surface area is 207 Å². The zero-order valence-corrected chi connectivity index (χ0v) is 20.2. The summed E-state index contributed by atoms with van der Waals surface area (Å²) in [6.07, 6.45) is 0.254. The maximum atomic E-state index is 14.0. The van der Waals surface area contributed by atoms with Crippen molar-refractivity contribution in [2.45, 2.75) is 74.7 Å².